The van der Waals surface area contributed by atoms with E-state index in [2.05, 4.69) is 52.8 Å². The Kier molecular flexibility index (Phi) is 14.8. The van der Waals surface area contributed by atoms with Gasteiger partial charge in [-0.25, -0.2) is 0 Å². The van der Waals surface area contributed by atoms with Gasteiger partial charge in [-0.05, 0) is 80.7 Å². The lowest BCUT2D eigenvalue weighted by atomic mass is 10.1. The maximum absolute atomic E-state index is 2.54. The zero-order chi connectivity index (χ0) is 19.9. The van der Waals surface area contributed by atoms with E-state index in [1.165, 1.54) is 93.9 Å². The second kappa shape index (κ2) is 15.9. The maximum Gasteiger partial charge on any atom is -0.00701 e. The number of unbranched alkanes of at least 4 members (excludes halogenated alkanes) is 4. The second-order valence-electron chi connectivity index (χ2n) is 8.24. The molecule has 0 N–H and O–H groups in total. The minimum absolute atomic E-state index is 0.183. The van der Waals surface area contributed by atoms with Crippen molar-refractivity contribution >= 4 is 15.8 Å². The van der Waals surface area contributed by atoms with E-state index in [9.17, 15) is 0 Å². The predicted octanol–water partition coefficient (Wildman–Crippen LogP) is 9.16. The van der Waals surface area contributed by atoms with Gasteiger partial charge in [-0.1, -0.05) is 77.1 Å². The molecule has 0 aromatic heterocycles. The van der Waals surface area contributed by atoms with Crippen LogP contribution in [0.25, 0.3) is 0 Å². The highest BCUT2D eigenvalue weighted by Gasteiger charge is 2.15. The summed E-state index contributed by atoms with van der Waals surface area (Å²) in [5.41, 5.74) is 4.88. The summed E-state index contributed by atoms with van der Waals surface area (Å²) >= 11 is 0. The fraction of sp³-hybridized carbons (Fsp3) is 0.760. The van der Waals surface area contributed by atoms with E-state index in [4.69, 9.17) is 0 Å². The van der Waals surface area contributed by atoms with Crippen molar-refractivity contribution in [3.63, 3.8) is 0 Å². The van der Waals surface area contributed by atoms with Crippen molar-refractivity contribution < 1.29 is 0 Å². The molecule has 0 unspecified atom stereocenters. The minimum atomic E-state index is 0.183. The average Bonchev–Trinajstić information content (AvgIpc) is 2.67. The van der Waals surface area contributed by atoms with Gasteiger partial charge in [-0.3, -0.25) is 0 Å². The summed E-state index contributed by atoms with van der Waals surface area (Å²) in [5, 5.41) is 0. The molecule has 2 heteroatoms. The molecule has 1 aromatic rings. The van der Waals surface area contributed by atoms with Crippen LogP contribution in [0.5, 0.6) is 0 Å². The van der Waals surface area contributed by atoms with Crippen molar-refractivity contribution in [1.82, 2.24) is 0 Å². The van der Waals surface area contributed by atoms with Gasteiger partial charge in [0, 0.05) is 0 Å². The summed E-state index contributed by atoms with van der Waals surface area (Å²) in [6.45, 7) is 11.7. The molecule has 0 aliphatic heterocycles. The molecule has 1 aromatic carbocycles. The molecule has 1 rings (SSSR count). The highest BCUT2D eigenvalue weighted by Crippen LogP contribution is 2.46. The van der Waals surface area contributed by atoms with Crippen molar-refractivity contribution in [2.24, 2.45) is 0 Å². The lowest BCUT2D eigenvalue weighted by Gasteiger charge is -2.23. The van der Waals surface area contributed by atoms with E-state index < -0.39 is 0 Å². The predicted molar refractivity (Wildman–Crippen MR) is 132 cm³/mol. The van der Waals surface area contributed by atoms with Crippen molar-refractivity contribution in [2.75, 3.05) is 24.6 Å². The molecule has 0 nitrogen and oxygen atoms in total. The summed E-state index contributed by atoms with van der Waals surface area (Å²) in [7, 11) is 0.369. The van der Waals surface area contributed by atoms with Gasteiger partial charge < -0.3 is 0 Å². The lowest BCUT2D eigenvalue weighted by molar-refractivity contribution is 0.863. The summed E-state index contributed by atoms with van der Waals surface area (Å²) in [5.74, 6) is 0. The molecular formula is C25H46P2. The van der Waals surface area contributed by atoms with Gasteiger partial charge >= 0.3 is 0 Å². The van der Waals surface area contributed by atoms with Gasteiger partial charge in [0.2, 0.25) is 0 Å². The molecule has 0 spiro atoms. The van der Waals surface area contributed by atoms with Crippen LogP contribution in [0.15, 0.2) is 18.2 Å². The molecule has 0 bridgehead atoms. The Morgan fingerprint density at radius 3 is 1.41 bits per heavy atom. The van der Waals surface area contributed by atoms with E-state index in [-0.39, 0.29) is 15.8 Å². The molecule has 0 saturated carbocycles. The topological polar surface area (TPSA) is 0 Å². The van der Waals surface area contributed by atoms with Crippen LogP contribution < -0.4 is 0 Å². The zero-order valence-electron chi connectivity index (χ0n) is 19.0. The molecule has 0 amide bonds. The highest BCUT2D eigenvalue weighted by atomic mass is 31.1. The van der Waals surface area contributed by atoms with Crippen LogP contribution >= 0.6 is 15.8 Å². The molecule has 0 aliphatic carbocycles. The van der Waals surface area contributed by atoms with Crippen molar-refractivity contribution in [3.05, 3.63) is 34.9 Å². The van der Waals surface area contributed by atoms with Gasteiger partial charge in [0.1, 0.15) is 0 Å². The van der Waals surface area contributed by atoms with Gasteiger partial charge in [0.15, 0.2) is 0 Å². The Balaban J connectivity index is 2.89. The largest absolute Gasteiger partial charge is 0.102 e. The number of rotatable bonds is 16. The summed E-state index contributed by atoms with van der Waals surface area (Å²) in [4.78, 5) is 0. The Hall–Kier alpha value is 0.0800. The first-order chi connectivity index (χ1) is 13.1. The Bertz CT molecular complexity index is 467. The summed E-state index contributed by atoms with van der Waals surface area (Å²) < 4.78 is 0. The number of benzene rings is 1. The first-order valence-electron chi connectivity index (χ1n) is 11.7. The van der Waals surface area contributed by atoms with E-state index in [0.29, 0.717) is 0 Å². The number of hydrogen-bond donors (Lipinski definition) is 0. The third-order valence-corrected chi connectivity index (χ3v) is 10.8. The molecule has 0 radical (unpaired) electrons. The molecule has 156 valence electrons. The number of aryl methyl sites for hydroxylation is 1. The van der Waals surface area contributed by atoms with E-state index in [0.717, 1.165) is 0 Å². The van der Waals surface area contributed by atoms with Crippen LogP contribution in [-0.2, 0) is 12.3 Å². The van der Waals surface area contributed by atoms with Gasteiger partial charge in [-0.2, -0.15) is 0 Å². The molecule has 0 aliphatic rings. The highest BCUT2D eigenvalue weighted by molar-refractivity contribution is 7.57. The lowest BCUT2D eigenvalue weighted by Crippen LogP contribution is -2.01. The molecule has 27 heavy (non-hydrogen) atoms. The quantitative estimate of drug-likeness (QED) is 0.239. The van der Waals surface area contributed by atoms with Crippen molar-refractivity contribution in [2.45, 2.75) is 98.3 Å². The first-order valence-corrected chi connectivity index (χ1v) is 15.5. The zero-order valence-corrected chi connectivity index (χ0v) is 20.8. The van der Waals surface area contributed by atoms with E-state index >= 15 is 0 Å². The average molecular weight is 409 g/mol. The maximum atomic E-state index is 2.54. The van der Waals surface area contributed by atoms with Crippen molar-refractivity contribution in [3.8, 4) is 0 Å². The standard InChI is InChI=1S/C25H46P2/c1-6-10-16-26(17-11-7-2)21-24-15-14-23(5)20-25(24)22-27(18-12-8-3)19-13-9-4/h14-15,20H,6-13,16-19,21-22H2,1-5H3. The molecule has 0 atom stereocenters. The molecular weight excluding hydrogens is 362 g/mol. The number of hydrogen-bond acceptors (Lipinski definition) is 0. The Morgan fingerprint density at radius 2 is 1.00 bits per heavy atom. The minimum Gasteiger partial charge on any atom is -0.102 e. The third-order valence-electron chi connectivity index (χ3n) is 5.46. The van der Waals surface area contributed by atoms with Gasteiger partial charge in [0.05, 0.1) is 0 Å². The second-order valence-corrected chi connectivity index (χ2v) is 13.3. The van der Waals surface area contributed by atoms with Crippen LogP contribution in [-0.4, -0.2) is 24.6 Å². The SMILES string of the molecule is CCCCP(CCCC)Cc1ccc(C)cc1CP(CCCC)CCCC. The fourth-order valence-corrected chi connectivity index (χ4v) is 9.30. The smallest absolute Gasteiger partial charge is 0.00701 e. The van der Waals surface area contributed by atoms with Crippen LogP contribution in [0.1, 0.15) is 95.8 Å². The molecule has 0 heterocycles. The van der Waals surface area contributed by atoms with Crippen LogP contribution in [0, 0.1) is 6.92 Å². The Labute approximate surface area is 173 Å². The van der Waals surface area contributed by atoms with Crippen LogP contribution in [0.2, 0.25) is 0 Å². The normalized spacial score (nSPS) is 11.7. The Morgan fingerprint density at radius 1 is 0.593 bits per heavy atom. The summed E-state index contributed by atoms with van der Waals surface area (Å²) in [6, 6.07) is 7.40. The monoisotopic (exact) mass is 408 g/mol. The molecule has 0 fully saturated rings. The summed E-state index contributed by atoms with van der Waals surface area (Å²) in [6.07, 6.45) is 19.8. The fourth-order valence-electron chi connectivity index (χ4n) is 3.60. The van der Waals surface area contributed by atoms with Gasteiger partial charge in [0.25, 0.3) is 0 Å². The first kappa shape index (κ1) is 25.1. The third kappa shape index (κ3) is 11.0. The van der Waals surface area contributed by atoms with Crippen LogP contribution in [0.3, 0.4) is 0 Å². The molecule has 0 saturated heterocycles. The van der Waals surface area contributed by atoms with Crippen molar-refractivity contribution in [1.29, 1.82) is 0 Å². The van der Waals surface area contributed by atoms with E-state index in [1.807, 2.05) is 0 Å². The van der Waals surface area contributed by atoms with E-state index in [1.54, 1.807) is 11.1 Å². The van der Waals surface area contributed by atoms with Crippen LogP contribution in [0.4, 0.5) is 0 Å². The van der Waals surface area contributed by atoms with Gasteiger partial charge in [-0.15, -0.1) is 15.8 Å².